The first-order chi connectivity index (χ1) is 14.6. The van der Waals surface area contributed by atoms with Crippen molar-refractivity contribution >= 4 is 29.0 Å². The number of rotatable bonds is 6. The minimum atomic E-state index is -0.458. The Morgan fingerprint density at radius 1 is 1.13 bits per heavy atom. The number of hydrogen-bond acceptors (Lipinski definition) is 6. The Labute approximate surface area is 178 Å². The molecule has 1 fully saturated rings. The minimum absolute atomic E-state index is 0.302. The second kappa shape index (κ2) is 8.62. The molecule has 3 aromatic rings. The number of anilines is 2. The summed E-state index contributed by atoms with van der Waals surface area (Å²) in [6.45, 7) is 0. The summed E-state index contributed by atoms with van der Waals surface area (Å²) < 4.78 is 15.8. The highest BCUT2D eigenvalue weighted by molar-refractivity contribution is 6.34. The Morgan fingerprint density at radius 2 is 1.90 bits per heavy atom. The summed E-state index contributed by atoms with van der Waals surface area (Å²) >= 11 is 6.24. The van der Waals surface area contributed by atoms with E-state index in [0.717, 1.165) is 18.4 Å². The summed E-state index contributed by atoms with van der Waals surface area (Å²) in [6, 6.07) is 9.95. The van der Waals surface area contributed by atoms with Gasteiger partial charge in [0.1, 0.15) is 17.2 Å². The van der Waals surface area contributed by atoms with Crippen LogP contribution in [0.3, 0.4) is 0 Å². The predicted octanol–water partition coefficient (Wildman–Crippen LogP) is 5.32. The molecule has 1 saturated carbocycles. The van der Waals surface area contributed by atoms with Crippen molar-refractivity contribution in [2.45, 2.75) is 25.2 Å². The van der Waals surface area contributed by atoms with Crippen LogP contribution in [0, 0.1) is 0 Å². The molecule has 1 aromatic heterocycles. The third-order valence-electron chi connectivity index (χ3n) is 5.02. The van der Waals surface area contributed by atoms with Crippen LogP contribution in [0.15, 0.2) is 40.9 Å². The van der Waals surface area contributed by atoms with Gasteiger partial charge in [0.2, 0.25) is 11.7 Å². The molecule has 0 saturated heterocycles. The first kappa shape index (κ1) is 20.0. The number of aromatic nitrogens is 2. The molecule has 0 spiro atoms. The highest BCUT2D eigenvalue weighted by Crippen LogP contribution is 2.37. The first-order valence-corrected chi connectivity index (χ1v) is 9.88. The number of ether oxygens (including phenoxy) is 2. The van der Waals surface area contributed by atoms with Crippen LogP contribution >= 0.6 is 11.6 Å². The SMILES string of the molecule is COc1cc(Cl)c(NC(=O)Nc2ccc(-c3noc(C4CCC4)n3)cc2)c(OC)c1. The molecule has 2 N–H and O–H groups in total. The van der Waals surface area contributed by atoms with Crippen LogP contribution in [0.5, 0.6) is 11.5 Å². The van der Waals surface area contributed by atoms with E-state index >= 15 is 0 Å². The van der Waals surface area contributed by atoms with Crippen LogP contribution in [0.4, 0.5) is 16.2 Å². The fourth-order valence-electron chi connectivity index (χ4n) is 3.11. The number of halogens is 1. The average molecular weight is 429 g/mol. The molecule has 2 amide bonds. The Balaban J connectivity index is 1.42. The Kier molecular flexibility index (Phi) is 5.76. The molecule has 8 nitrogen and oxygen atoms in total. The quantitative estimate of drug-likeness (QED) is 0.551. The fraction of sp³-hybridized carbons (Fsp3) is 0.286. The van der Waals surface area contributed by atoms with Crippen LogP contribution < -0.4 is 20.1 Å². The summed E-state index contributed by atoms with van der Waals surface area (Å²) in [4.78, 5) is 16.9. The number of nitrogens with one attached hydrogen (secondary N) is 2. The van der Waals surface area contributed by atoms with E-state index < -0.39 is 6.03 Å². The Morgan fingerprint density at radius 3 is 2.53 bits per heavy atom. The molecule has 0 unspecified atom stereocenters. The Hall–Kier alpha value is -3.26. The van der Waals surface area contributed by atoms with Crippen LogP contribution in [0.1, 0.15) is 31.1 Å². The lowest BCUT2D eigenvalue weighted by Gasteiger charge is -2.20. The van der Waals surface area contributed by atoms with Gasteiger partial charge in [0, 0.05) is 29.3 Å². The molecule has 1 aliphatic rings. The molecule has 0 radical (unpaired) electrons. The number of carbonyl (C=O) groups excluding carboxylic acids is 1. The van der Waals surface area contributed by atoms with Crippen LogP contribution in [-0.2, 0) is 0 Å². The standard InChI is InChI=1S/C21H21ClN4O4/c1-28-15-10-16(22)18(17(11-15)29-2)24-21(27)23-14-8-6-12(7-9-14)19-25-20(30-26-19)13-4-3-5-13/h6-11,13H,3-5H2,1-2H3,(H2,23,24,27). The number of carbonyl (C=O) groups is 1. The molecule has 156 valence electrons. The number of urea groups is 1. The molecule has 0 bridgehead atoms. The molecule has 30 heavy (non-hydrogen) atoms. The van der Waals surface area contributed by atoms with Gasteiger partial charge in [-0.2, -0.15) is 4.98 Å². The van der Waals surface area contributed by atoms with E-state index in [4.69, 9.17) is 25.6 Å². The van der Waals surface area contributed by atoms with Gasteiger partial charge < -0.3 is 24.6 Å². The van der Waals surface area contributed by atoms with Crippen molar-refractivity contribution in [1.82, 2.24) is 10.1 Å². The molecule has 1 heterocycles. The van der Waals surface area contributed by atoms with Gasteiger partial charge in [0.15, 0.2) is 0 Å². The summed E-state index contributed by atoms with van der Waals surface area (Å²) in [5.74, 6) is 2.55. The molecule has 4 rings (SSSR count). The van der Waals surface area contributed by atoms with Crippen molar-refractivity contribution < 1.29 is 18.8 Å². The summed E-state index contributed by atoms with van der Waals surface area (Å²) in [7, 11) is 3.01. The number of amides is 2. The zero-order chi connectivity index (χ0) is 21.1. The van der Waals surface area contributed by atoms with E-state index in [9.17, 15) is 4.79 Å². The smallest absolute Gasteiger partial charge is 0.323 e. The maximum atomic E-state index is 12.4. The van der Waals surface area contributed by atoms with Gasteiger partial charge in [-0.05, 0) is 37.1 Å². The molecule has 1 aliphatic carbocycles. The molecule has 0 aliphatic heterocycles. The lowest BCUT2D eigenvalue weighted by molar-refractivity contribution is 0.262. The molecular formula is C21H21ClN4O4. The lowest BCUT2D eigenvalue weighted by atomic mass is 9.85. The van der Waals surface area contributed by atoms with Crippen molar-refractivity contribution in [1.29, 1.82) is 0 Å². The predicted molar refractivity (Wildman–Crippen MR) is 114 cm³/mol. The number of nitrogens with zero attached hydrogens (tertiary/aromatic N) is 2. The van der Waals surface area contributed by atoms with Gasteiger partial charge >= 0.3 is 6.03 Å². The molecular weight excluding hydrogens is 408 g/mol. The van der Waals surface area contributed by atoms with Gasteiger partial charge in [-0.3, -0.25) is 0 Å². The second-order valence-corrected chi connectivity index (χ2v) is 7.33. The topological polar surface area (TPSA) is 98.5 Å². The zero-order valence-corrected chi connectivity index (χ0v) is 17.3. The van der Waals surface area contributed by atoms with Crippen molar-refractivity contribution in [2.24, 2.45) is 0 Å². The van der Waals surface area contributed by atoms with Crippen LogP contribution in [0.2, 0.25) is 5.02 Å². The van der Waals surface area contributed by atoms with Crippen molar-refractivity contribution in [2.75, 3.05) is 24.9 Å². The fourth-order valence-corrected chi connectivity index (χ4v) is 3.36. The zero-order valence-electron chi connectivity index (χ0n) is 16.6. The Bertz CT molecular complexity index is 1050. The van der Waals surface area contributed by atoms with Gasteiger partial charge in [-0.25, -0.2) is 4.79 Å². The summed E-state index contributed by atoms with van der Waals surface area (Å²) in [6.07, 6.45) is 3.41. The maximum absolute atomic E-state index is 12.4. The average Bonchev–Trinajstić information content (AvgIpc) is 3.17. The normalized spacial score (nSPS) is 13.4. The van der Waals surface area contributed by atoms with Gasteiger partial charge in [0.25, 0.3) is 0 Å². The van der Waals surface area contributed by atoms with Crippen molar-refractivity contribution in [3.63, 3.8) is 0 Å². The third-order valence-corrected chi connectivity index (χ3v) is 5.32. The molecule has 0 atom stereocenters. The van der Waals surface area contributed by atoms with Gasteiger partial charge in [-0.1, -0.05) is 23.2 Å². The van der Waals surface area contributed by atoms with E-state index in [0.29, 0.717) is 45.5 Å². The van der Waals surface area contributed by atoms with E-state index in [1.807, 2.05) is 12.1 Å². The number of methoxy groups -OCH3 is 2. The highest BCUT2D eigenvalue weighted by Gasteiger charge is 2.25. The van der Waals surface area contributed by atoms with Crippen molar-refractivity contribution in [3.05, 3.63) is 47.3 Å². The van der Waals surface area contributed by atoms with E-state index in [2.05, 4.69) is 20.8 Å². The summed E-state index contributed by atoms with van der Waals surface area (Å²) in [5.41, 5.74) is 1.77. The van der Waals surface area contributed by atoms with E-state index in [1.54, 1.807) is 24.3 Å². The third kappa shape index (κ3) is 4.18. The lowest BCUT2D eigenvalue weighted by Crippen LogP contribution is -2.20. The van der Waals surface area contributed by atoms with Crippen molar-refractivity contribution in [3.8, 4) is 22.9 Å². The van der Waals surface area contributed by atoms with Gasteiger partial charge in [0.05, 0.1) is 19.2 Å². The highest BCUT2D eigenvalue weighted by atomic mass is 35.5. The number of hydrogen-bond donors (Lipinski definition) is 2. The van der Waals surface area contributed by atoms with E-state index in [1.165, 1.54) is 20.6 Å². The van der Waals surface area contributed by atoms with Crippen LogP contribution in [-0.4, -0.2) is 30.4 Å². The molecule has 9 heteroatoms. The van der Waals surface area contributed by atoms with Crippen LogP contribution in [0.25, 0.3) is 11.4 Å². The monoisotopic (exact) mass is 428 g/mol. The maximum Gasteiger partial charge on any atom is 0.323 e. The minimum Gasteiger partial charge on any atom is -0.497 e. The summed E-state index contributed by atoms with van der Waals surface area (Å²) in [5, 5.41) is 9.82. The first-order valence-electron chi connectivity index (χ1n) is 9.51. The number of benzene rings is 2. The second-order valence-electron chi connectivity index (χ2n) is 6.93. The molecule has 2 aromatic carbocycles. The van der Waals surface area contributed by atoms with E-state index in [-0.39, 0.29) is 0 Å². The van der Waals surface area contributed by atoms with Gasteiger partial charge in [-0.15, -0.1) is 0 Å². The largest absolute Gasteiger partial charge is 0.497 e.